The zero-order chi connectivity index (χ0) is 20.0. The quantitative estimate of drug-likeness (QED) is 0.609. The first-order chi connectivity index (χ1) is 13.4. The molecule has 1 atom stereocenters. The second-order valence-electron chi connectivity index (χ2n) is 7.50. The van der Waals surface area contributed by atoms with Gasteiger partial charge in [0.1, 0.15) is 0 Å². The van der Waals surface area contributed by atoms with E-state index in [1.54, 1.807) is 21.6 Å². The second kappa shape index (κ2) is 9.78. The largest absolute Gasteiger partial charge is 0.379 e. The molecule has 3 rings (SSSR count). The Bertz CT molecular complexity index is 738. The zero-order valence-electron chi connectivity index (χ0n) is 16.5. The van der Waals surface area contributed by atoms with Crippen LogP contribution in [0.4, 0.5) is 0 Å². The van der Waals surface area contributed by atoms with Crippen LogP contribution < -0.4 is 0 Å². The number of likely N-dealkylation sites (tertiary alicyclic amines) is 1. The van der Waals surface area contributed by atoms with Gasteiger partial charge in [0, 0.05) is 51.2 Å². The highest BCUT2D eigenvalue weighted by Crippen LogP contribution is 2.20. The maximum atomic E-state index is 12.6. The third kappa shape index (κ3) is 5.97. The van der Waals surface area contributed by atoms with E-state index in [0.29, 0.717) is 32.5 Å². The van der Waals surface area contributed by atoms with Gasteiger partial charge in [0.15, 0.2) is 0 Å². The smallest absolute Gasteiger partial charge is 0.227 e. The lowest BCUT2D eigenvalue weighted by atomic mass is 10.2. The van der Waals surface area contributed by atoms with Crippen LogP contribution in [0.1, 0.15) is 18.4 Å². The average molecular weight is 411 g/mol. The summed E-state index contributed by atoms with van der Waals surface area (Å²) >= 11 is 0. The van der Waals surface area contributed by atoms with Crippen molar-refractivity contribution >= 4 is 15.9 Å². The van der Waals surface area contributed by atoms with Crippen LogP contribution in [0.15, 0.2) is 24.5 Å². The van der Waals surface area contributed by atoms with E-state index >= 15 is 0 Å². The maximum absolute atomic E-state index is 12.6. The van der Waals surface area contributed by atoms with Gasteiger partial charge < -0.3 is 9.64 Å². The summed E-state index contributed by atoms with van der Waals surface area (Å²) in [4.78, 5) is 20.7. The molecule has 1 unspecified atom stereocenters. The topological polar surface area (TPSA) is 83.1 Å². The molecular formula is C19H30N4O4S. The molecule has 0 bridgehead atoms. The fourth-order valence-electron chi connectivity index (χ4n) is 3.89. The van der Waals surface area contributed by atoms with E-state index in [4.69, 9.17) is 4.74 Å². The third-order valence-corrected chi connectivity index (χ3v) is 6.72. The maximum Gasteiger partial charge on any atom is 0.227 e. The van der Waals surface area contributed by atoms with Gasteiger partial charge in [0.05, 0.1) is 25.9 Å². The van der Waals surface area contributed by atoms with Crippen molar-refractivity contribution in [1.29, 1.82) is 0 Å². The number of amides is 1. The lowest BCUT2D eigenvalue weighted by Gasteiger charge is -2.30. The summed E-state index contributed by atoms with van der Waals surface area (Å²) in [6.45, 7) is 5.71. The molecule has 28 heavy (non-hydrogen) atoms. The van der Waals surface area contributed by atoms with E-state index in [1.807, 2.05) is 12.1 Å². The highest BCUT2D eigenvalue weighted by molar-refractivity contribution is 7.88. The molecule has 1 aromatic rings. The minimum atomic E-state index is -3.32. The Balaban J connectivity index is 1.52. The monoisotopic (exact) mass is 410 g/mol. The molecule has 0 aromatic carbocycles. The minimum Gasteiger partial charge on any atom is -0.379 e. The van der Waals surface area contributed by atoms with Crippen LogP contribution in [0.5, 0.6) is 0 Å². The molecule has 0 N–H and O–H groups in total. The van der Waals surface area contributed by atoms with Gasteiger partial charge in [0.25, 0.3) is 0 Å². The Kier molecular flexibility index (Phi) is 7.39. The summed E-state index contributed by atoms with van der Waals surface area (Å²) < 4.78 is 31.6. The van der Waals surface area contributed by atoms with Crippen molar-refractivity contribution in [2.24, 2.45) is 0 Å². The number of hydrogen-bond donors (Lipinski definition) is 0. The van der Waals surface area contributed by atoms with Crippen LogP contribution in [0.25, 0.3) is 0 Å². The number of ether oxygens (including phenoxy) is 1. The number of sulfonamides is 1. The fourth-order valence-corrected chi connectivity index (χ4v) is 5.06. The van der Waals surface area contributed by atoms with Crippen molar-refractivity contribution in [2.75, 3.05) is 58.7 Å². The molecule has 3 heterocycles. The Morgan fingerprint density at radius 2 is 2.11 bits per heavy atom. The number of morpholine rings is 1. The SMILES string of the molecule is CS(=O)(=O)N(CCCN1CCOCC1)C1CCN(C(=O)Cc2cccnc2)C1. The van der Waals surface area contributed by atoms with Crippen molar-refractivity contribution in [3.63, 3.8) is 0 Å². The third-order valence-electron chi connectivity index (χ3n) is 5.38. The predicted molar refractivity (Wildman–Crippen MR) is 106 cm³/mol. The minimum absolute atomic E-state index is 0.0252. The summed E-state index contributed by atoms with van der Waals surface area (Å²) in [6, 6.07) is 3.56. The number of aromatic nitrogens is 1. The molecule has 2 saturated heterocycles. The molecule has 0 aliphatic carbocycles. The lowest BCUT2D eigenvalue weighted by molar-refractivity contribution is -0.129. The molecule has 9 heteroatoms. The molecule has 2 fully saturated rings. The molecule has 156 valence electrons. The molecular weight excluding hydrogens is 380 g/mol. The van der Waals surface area contributed by atoms with Crippen molar-refractivity contribution in [3.05, 3.63) is 30.1 Å². The van der Waals surface area contributed by atoms with Gasteiger partial charge in [0.2, 0.25) is 15.9 Å². The molecule has 0 radical (unpaired) electrons. The molecule has 1 amide bonds. The first-order valence-electron chi connectivity index (χ1n) is 9.87. The van der Waals surface area contributed by atoms with Gasteiger partial charge >= 0.3 is 0 Å². The number of nitrogens with zero attached hydrogens (tertiary/aromatic N) is 4. The predicted octanol–water partition coefficient (Wildman–Crippen LogP) is 0.209. The number of pyridine rings is 1. The van der Waals surface area contributed by atoms with Gasteiger partial charge in [-0.15, -0.1) is 0 Å². The summed E-state index contributed by atoms with van der Waals surface area (Å²) in [5.41, 5.74) is 0.876. The van der Waals surface area contributed by atoms with Crippen molar-refractivity contribution in [2.45, 2.75) is 25.3 Å². The van der Waals surface area contributed by atoms with E-state index in [1.165, 1.54) is 6.26 Å². The summed E-state index contributed by atoms with van der Waals surface area (Å²) in [5, 5.41) is 0. The van der Waals surface area contributed by atoms with Crippen LogP contribution >= 0.6 is 0 Å². The van der Waals surface area contributed by atoms with E-state index in [9.17, 15) is 13.2 Å². The van der Waals surface area contributed by atoms with Crippen LogP contribution in [-0.4, -0.2) is 98.2 Å². The normalized spacial score (nSPS) is 21.4. The first-order valence-corrected chi connectivity index (χ1v) is 11.7. The van der Waals surface area contributed by atoms with Crippen molar-refractivity contribution < 1.29 is 17.9 Å². The van der Waals surface area contributed by atoms with Crippen molar-refractivity contribution in [1.82, 2.24) is 19.1 Å². The molecule has 1 aromatic heterocycles. The van der Waals surface area contributed by atoms with Crippen molar-refractivity contribution in [3.8, 4) is 0 Å². The van der Waals surface area contributed by atoms with Gasteiger partial charge in [-0.1, -0.05) is 6.07 Å². The van der Waals surface area contributed by atoms with Crippen LogP contribution in [-0.2, 0) is 26.0 Å². The van der Waals surface area contributed by atoms with Gasteiger partial charge in [-0.25, -0.2) is 8.42 Å². The molecule has 8 nitrogen and oxygen atoms in total. The van der Waals surface area contributed by atoms with E-state index < -0.39 is 10.0 Å². The van der Waals surface area contributed by atoms with Crippen LogP contribution in [0.2, 0.25) is 0 Å². The first kappa shape index (κ1) is 21.2. The van der Waals surface area contributed by atoms with Crippen LogP contribution in [0.3, 0.4) is 0 Å². The van der Waals surface area contributed by atoms with Gasteiger partial charge in [-0.2, -0.15) is 4.31 Å². The Labute approximate surface area is 167 Å². The molecule has 0 spiro atoms. The summed E-state index contributed by atoms with van der Waals surface area (Å²) in [7, 11) is -3.32. The number of carbonyl (C=O) groups is 1. The van der Waals surface area contributed by atoms with Gasteiger partial charge in [-0.3, -0.25) is 14.7 Å². The molecule has 2 aliphatic heterocycles. The van der Waals surface area contributed by atoms with E-state index in [-0.39, 0.29) is 11.9 Å². The summed E-state index contributed by atoms with van der Waals surface area (Å²) in [5.74, 6) is 0.0252. The Hall–Kier alpha value is -1.55. The van der Waals surface area contributed by atoms with E-state index in [0.717, 1.165) is 44.8 Å². The summed E-state index contributed by atoms with van der Waals surface area (Å²) in [6.07, 6.45) is 6.41. The lowest BCUT2D eigenvalue weighted by Crippen LogP contribution is -2.44. The second-order valence-corrected chi connectivity index (χ2v) is 9.44. The molecule has 2 aliphatic rings. The average Bonchev–Trinajstić information content (AvgIpc) is 3.15. The molecule has 0 saturated carbocycles. The fraction of sp³-hybridized carbons (Fsp3) is 0.684. The number of carbonyl (C=O) groups excluding carboxylic acids is 1. The highest BCUT2D eigenvalue weighted by atomic mass is 32.2. The number of rotatable bonds is 8. The Morgan fingerprint density at radius 3 is 2.79 bits per heavy atom. The number of hydrogen-bond acceptors (Lipinski definition) is 6. The Morgan fingerprint density at radius 1 is 1.32 bits per heavy atom. The van der Waals surface area contributed by atoms with Crippen LogP contribution in [0, 0.1) is 0 Å². The van der Waals surface area contributed by atoms with Gasteiger partial charge in [-0.05, 0) is 31.0 Å². The standard InChI is InChI=1S/C19H30N4O4S/c1-28(25,26)23(8-3-7-21-10-12-27-13-11-21)18-5-9-22(16-18)19(24)14-17-4-2-6-20-15-17/h2,4,6,15,18H,3,5,7-14,16H2,1H3. The zero-order valence-corrected chi connectivity index (χ0v) is 17.3. The highest BCUT2D eigenvalue weighted by Gasteiger charge is 2.34. The van der Waals surface area contributed by atoms with E-state index in [2.05, 4.69) is 9.88 Å².